The molecule has 0 amide bonds. The monoisotopic (exact) mass is 104 g/mol. The van der Waals surface area contributed by atoms with Crippen molar-refractivity contribution in [3.05, 3.63) is 0 Å². The second-order valence-corrected chi connectivity index (χ2v) is 1.30. The van der Waals surface area contributed by atoms with E-state index in [4.69, 9.17) is 4.55 Å². The van der Waals surface area contributed by atoms with Crippen molar-refractivity contribution >= 4 is 11.1 Å². The Labute approximate surface area is 38.8 Å². The van der Waals surface area contributed by atoms with Crippen LogP contribution in [0, 0.1) is 11.2 Å². The number of hydrogen-bond acceptors (Lipinski definition) is 1. The highest BCUT2D eigenvalue weighted by molar-refractivity contribution is 7.84. The molecule has 1 atom stereocenters. The second-order valence-electron chi connectivity index (χ2n) is 0.601. The average Bonchev–Trinajstić information content (AvgIpc) is 1.35. The third kappa shape index (κ3) is 3.67. The van der Waals surface area contributed by atoms with Gasteiger partial charge in [-0.05, 0) is 6.92 Å². The molecule has 2 nitrogen and oxygen atoms in total. The molecule has 0 aromatic carbocycles. The SMILES string of the molecule is CC#CS(=O)O. The van der Waals surface area contributed by atoms with Crippen LogP contribution in [0.25, 0.3) is 0 Å². The zero-order chi connectivity index (χ0) is 4.99. The molecule has 3 heteroatoms. The van der Waals surface area contributed by atoms with Crippen molar-refractivity contribution in [1.29, 1.82) is 0 Å². The van der Waals surface area contributed by atoms with Crippen LogP contribution in [0.3, 0.4) is 0 Å². The first kappa shape index (κ1) is 5.67. The molecular formula is C3H4O2S. The van der Waals surface area contributed by atoms with Crippen LogP contribution in [0.15, 0.2) is 0 Å². The van der Waals surface area contributed by atoms with E-state index in [1.54, 1.807) is 0 Å². The van der Waals surface area contributed by atoms with Gasteiger partial charge in [0, 0.05) is 5.25 Å². The summed E-state index contributed by atoms with van der Waals surface area (Å²) < 4.78 is 17.4. The van der Waals surface area contributed by atoms with Crippen molar-refractivity contribution in [3.8, 4) is 11.2 Å². The summed E-state index contributed by atoms with van der Waals surface area (Å²) >= 11 is -1.93. The fraction of sp³-hybridized carbons (Fsp3) is 0.333. The highest BCUT2D eigenvalue weighted by Crippen LogP contribution is 1.60. The van der Waals surface area contributed by atoms with E-state index in [0.29, 0.717) is 0 Å². The smallest absolute Gasteiger partial charge is 0.233 e. The second kappa shape index (κ2) is 2.88. The van der Waals surface area contributed by atoms with Gasteiger partial charge in [0.25, 0.3) is 0 Å². The topological polar surface area (TPSA) is 37.3 Å². The molecule has 0 saturated carbocycles. The average molecular weight is 104 g/mol. The molecule has 0 heterocycles. The van der Waals surface area contributed by atoms with Gasteiger partial charge in [0.15, 0.2) is 0 Å². The van der Waals surface area contributed by atoms with Crippen molar-refractivity contribution in [2.75, 3.05) is 0 Å². The predicted molar refractivity (Wildman–Crippen MR) is 24.2 cm³/mol. The van der Waals surface area contributed by atoms with E-state index in [9.17, 15) is 4.21 Å². The molecule has 0 rings (SSSR count). The molecule has 0 aliphatic carbocycles. The van der Waals surface area contributed by atoms with Crippen LogP contribution in [0.2, 0.25) is 0 Å². The molecule has 0 spiro atoms. The third-order valence-corrected chi connectivity index (χ3v) is 0.568. The van der Waals surface area contributed by atoms with Crippen LogP contribution >= 0.6 is 0 Å². The Kier molecular flexibility index (Phi) is 2.73. The van der Waals surface area contributed by atoms with Gasteiger partial charge < -0.3 is 0 Å². The lowest BCUT2D eigenvalue weighted by atomic mass is 10.9. The molecular weight excluding hydrogens is 100 g/mol. The summed E-state index contributed by atoms with van der Waals surface area (Å²) in [6.07, 6.45) is 0. The van der Waals surface area contributed by atoms with Gasteiger partial charge in [-0.15, -0.1) is 0 Å². The van der Waals surface area contributed by atoms with E-state index in [-0.39, 0.29) is 0 Å². The van der Waals surface area contributed by atoms with Crippen molar-refractivity contribution in [2.45, 2.75) is 6.92 Å². The summed E-state index contributed by atoms with van der Waals surface area (Å²) in [5, 5.41) is 1.99. The maximum Gasteiger partial charge on any atom is 0.233 e. The van der Waals surface area contributed by atoms with Gasteiger partial charge in [-0.3, -0.25) is 4.55 Å². The molecule has 0 aliphatic rings. The molecule has 0 aromatic rings. The molecule has 0 aliphatic heterocycles. The predicted octanol–water partition coefficient (Wildman–Crippen LogP) is 0.189. The van der Waals surface area contributed by atoms with Crippen LogP contribution in [0.1, 0.15) is 6.92 Å². The molecule has 0 saturated heterocycles. The van der Waals surface area contributed by atoms with Gasteiger partial charge in [0.2, 0.25) is 11.1 Å². The number of rotatable bonds is 0. The Bertz CT molecular complexity index is 108. The minimum atomic E-state index is -1.93. The van der Waals surface area contributed by atoms with Crippen LogP contribution in [0.5, 0.6) is 0 Å². The van der Waals surface area contributed by atoms with E-state index < -0.39 is 11.1 Å². The van der Waals surface area contributed by atoms with Gasteiger partial charge in [-0.1, -0.05) is 5.92 Å². The normalized spacial score (nSPS) is 11.7. The van der Waals surface area contributed by atoms with Crippen molar-refractivity contribution in [1.82, 2.24) is 0 Å². The summed E-state index contributed by atoms with van der Waals surface area (Å²) in [4.78, 5) is 0. The molecule has 6 heavy (non-hydrogen) atoms. The first-order valence-electron chi connectivity index (χ1n) is 1.30. The quantitative estimate of drug-likeness (QED) is 0.352. The number of hydrogen-bond donors (Lipinski definition) is 1. The molecule has 1 N–H and O–H groups in total. The van der Waals surface area contributed by atoms with Crippen molar-refractivity contribution < 1.29 is 8.76 Å². The van der Waals surface area contributed by atoms with Crippen LogP contribution < -0.4 is 0 Å². The summed E-state index contributed by atoms with van der Waals surface area (Å²) in [5.41, 5.74) is 0. The van der Waals surface area contributed by atoms with E-state index in [1.165, 1.54) is 6.92 Å². The van der Waals surface area contributed by atoms with Gasteiger partial charge in [-0.2, -0.15) is 0 Å². The summed E-state index contributed by atoms with van der Waals surface area (Å²) in [6.45, 7) is 1.51. The minimum absolute atomic E-state index is 1.51. The molecule has 0 radical (unpaired) electrons. The largest absolute Gasteiger partial charge is 0.296 e. The van der Waals surface area contributed by atoms with Crippen molar-refractivity contribution in [3.63, 3.8) is 0 Å². The molecule has 0 aromatic heterocycles. The molecule has 0 bridgehead atoms. The van der Waals surface area contributed by atoms with Crippen LogP contribution in [-0.4, -0.2) is 8.76 Å². The van der Waals surface area contributed by atoms with Crippen LogP contribution in [-0.2, 0) is 11.1 Å². The van der Waals surface area contributed by atoms with Gasteiger partial charge in [-0.25, -0.2) is 4.21 Å². The lowest BCUT2D eigenvalue weighted by molar-refractivity contribution is 0.576. The standard InChI is InChI=1S/C3H4O2S/c1-2-3-6(4)5/h1H3,(H,4,5). The summed E-state index contributed by atoms with van der Waals surface area (Å²) in [6, 6.07) is 0. The zero-order valence-corrected chi connectivity index (χ0v) is 4.08. The summed E-state index contributed by atoms with van der Waals surface area (Å²) in [7, 11) is 0. The Morgan fingerprint density at radius 1 is 1.83 bits per heavy atom. The molecule has 34 valence electrons. The highest BCUT2D eigenvalue weighted by Gasteiger charge is 1.71. The Morgan fingerprint density at radius 3 is 2.33 bits per heavy atom. The Balaban J connectivity index is 3.50. The van der Waals surface area contributed by atoms with Gasteiger partial charge in [0.1, 0.15) is 0 Å². The maximum atomic E-state index is 9.54. The fourth-order valence-electron chi connectivity index (χ4n) is 0.0873. The van der Waals surface area contributed by atoms with E-state index in [1.807, 2.05) is 5.25 Å². The van der Waals surface area contributed by atoms with Gasteiger partial charge >= 0.3 is 0 Å². The van der Waals surface area contributed by atoms with Crippen molar-refractivity contribution in [2.24, 2.45) is 0 Å². The van der Waals surface area contributed by atoms with Gasteiger partial charge in [0.05, 0.1) is 0 Å². The minimum Gasteiger partial charge on any atom is -0.296 e. The third-order valence-electron chi connectivity index (χ3n) is 0.189. The van der Waals surface area contributed by atoms with E-state index in [2.05, 4.69) is 5.92 Å². The van der Waals surface area contributed by atoms with E-state index >= 15 is 0 Å². The highest BCUT2D eigenvalue weighted by atomic mass is 32.2. The fourth-order valence-corrected chi connectivity index (χ4v) is 0.262. The lowest BCUT2D eigenvalue weighted by Crippen LogP contribution is -1.73. The Hall–Kier alpha value is -0.330. The first-order valence-corrected chi connectivity index (χ1v) is 2.41. The lowest BCUT2D eigenvalue weighted by Gasteiger charge is -1.63. The summed E-state index contributed by atoms with van der Waals surface area (Å²) in [5.74, 6) is 2.27. The maximum absolute atomic E-state index is 9.54. The van der Waals surface area contributed by atoms with Crippen LogP contribution in [0.4, 0.5) is 0 Å². The van der Waals surface area contributed by atoms with E-state index in [0.717, 1.165) is 0 Å². The zero-order valence-electron chi connectivity index (χ0n) is 3.26. The molecule has 0 fully saturated rings. The Morgan fingerprint density at radius 2 is 2.33 bits per heavy atom. The molecule has 1 unspecified atom stereocenters. The first-order chi connectivity index (χ1) is 2.77.